The number of allylic oxidation sites excluding steroid dienone is 5. The molecule has 2 nitrogen and oxygen atoms in total. The molecule has 1 heterocycles. The first kappa shape index (κ1) is 30.4. The Balaban J connectivity index is 1.29. The molecule has 46 heavy (non-hydrogen) atoms. The Bertz CT molecular complexity index is 2000. The lowest BCUT2D eigenvalue weighted by molar-refractivity contribution is 0.641. The van der Waals surface area contributed by atoms with E-state index >= 15 is 0 Å². The van der Waals surface area contributed by atoms with Crippen LogP contribution in [0.25, 0.3) is 50.5 Å². The van der Waals surface area contributed by atoms with Gasteiger partial charge in [-0.2, -0.15) is 0 Å². The van der Waals surface area contributed by atoms with E-state index in [1.165, 1.54) is 33.4 Å². The van der Waals surface area contributed by atoms with Crippen molar-refractivity contribution in [1.29, 1.82) is 0 Å². The summed E-state index contributed by atoms with van der Waals surface area (Å²) in [6.45, 7) is 10.5. The van der Waals surface area contributed by atoms with Crippen LogP contribution < -0.4 is 0 Å². The highest BCUT2D eigenvalue weighted by atomic mass is 14.9. The van der Waals surface area contributed by atoms with Gasteiger partial charge in [0, 0.05) is 16.5 Å². The van der Waals surface area contributed by atoms with Gasteiger partial charge in [0.2, 0.25) is 0 Å². The van der Waals surface area contributed by atoms with Crippen LogP contribution >= 0.6 is 0 Å². The van der Waals surface area contributed by atoms with Crippen LogP contribution in [0.5, 0.6) is 0 Å². The third-order valence-electron chi connectivity index (χ3n) is 8.51. The molecule has 5 aromatic carbocycles. The Hall–Kier alpha value is -5.60. The number of rotatable bonds is 9. The van der Waals surface area contributed by atoms with E-state index < -0.39 is 0 Å². The fraction of sp³-hybridized carbons (Fsp3) is 0.0909. The normalized spacial score (nSPS) is 11.9. The summed E-state index contributed by atoms with van der Waals surface area (Å²) in [7, 11) is 0. The Labute approximate surface area is 273 Å². The van der Waals surface area contributed by atoms with Gasteiger partial charge in [0.05, 0.1) is 11.4 Å². The minimum absolute atomic E-state index is 0.188. The van der Waals surface area contributed by atoms with Gasteiger partial charge in [-0.05, 0) is 58.0 Å². The number of hydrogen-bond donors (Lipinski definition) is 0. The molecule has 0 unspecified atom stereocenters. The lowest BCUT2D eigenvalue weighted by Crippen LogP contribution is -2.18. The van der Waals surface area contributed by atoms with Gasteiger partial charge >= 0.3 is 0 Å². The summed E-state index contributed by atoms with van der Waals surface area (Å²) in [5, 5.41) is 0. The van der Waals surface area contributed by atoms with Gasteiger partial charge in [-0.25, -0.2) is 9.97 Å². The zero-order valence-electron chi connectivity index (χ0n) is 26.7. The monoisotopic (exact) mass is 594 g/mol. The van der Waals surface area contributed by atoms with Crippen LogP contribution in [0.1, 0.15) is 37.6 Å². The molecular weight excluding hydrogens is 556 g/mol. The van der Waals surface area contributed by atoms with Crippen molar-refractivity contribution < 1.29 is 0 Å². The zero-order valence-corrected chi connectivity index (χ0v) is 26.7. The molecule has 0 aliphatic heterocycles. The summed E-state index contributed by atoms with van der Waals surface area (Å²) in [6.07, 6.45) is 7.85. The molecule has 2 heteroatoms. The van der Waals surface area contributed by atoms with Crippen LogP contribution in [0.2, 0.25) is 0 Å². The van der Waals surface area contributed by atoms with Crippen LogP contribution in [0.3, 0.4) is 0 Å². The SMILES string of the molecule is C=C/C=C(\C=C/C)c1cc(-c2ccccc2)nc(-c2ccc(C(C)(C)c3ccc(-c4cccc(-c5ccccc5)c4)cc3)cc2)n1. The van der Waals surface area contributed by atoms with Crippen molar-refractivity contribution in [3.05, 3.63) is 187 Å². The fourth-order valence-corrected chi connectivity index (χ4v) is 5.80. The van der Waals surface area contributed by atoms with E-state index in [0.29, 0.717) is 5.82 Å². The zero-order chi connectivity index (χ0) is 31.9. The molecule has 0 aliphatic rings. The molecule has 0 N–H and O–H groups in total. The largest absolute Gasteiger partial charge is 0.228 e. The van der Waals surface area contributed by atoms with E-state index in [0.717, 1.165) is 28.1 Å². The van der Waals surface area contributed by atoms with E-state index in [1.807, 2.05) is 43.3 Å². The third kappa shape index (κ3) is 6.57. The van der Waals surface area contributed by atoms with Gasteiger partial charge in [0.25, 0.3) is 0 Å². The Morgan fingerprint density at radius 1 is 0.565 bits per heavy atom. The van der Waals surface area contributed by atoms with E-state index in [1.54, 1.807) is 6.08 Å². The smallest absolute Gasteiger partial charge is 0.160 e. The highest BCUT2D eigenvalue weighted by molar-refractivity contribution is 5.77. The number of aromatic nitrogens is 2. The predicted octanol–water partition coefficient (Wildman–Crippen LogP) is 11.6. The van der Waals surface area contributed by atoms with Crippen molar-refractivity contribution in [3.8, 4) is 44.9 Å². The molecule has 0 saturated carbocycles. The molecule has 0 radical (unpaired) electrons. The van der Waals surface area contributed by atoms with Gasteiger partial charge in [-0.1, -0.05) is 172 Å². The van der Waals surface area contributed by atoms with Crippen LogP contribution in [-0.2, 0) is 5.41 Å². The molecule has 0 saturated heterocycles. The van der Waals surface area contributed by atoms with Crippen molar-refractivity contribution in [3.63, 3.8) is 0 Å². The molecule has 6 rings (SSSR count). The van der Waals surface area contributed by atoms with Crippen molar-refractivity contribution in [1.82, 2.24) is 9.97 Å². The highest BCUT2D eigenvalue weighted by Gasteiger charge is 2.23. The molecule has 0 fully saturated rings. The van der Waals surface area contributed by atoms with Crippen molar-refractivity contribution in [2.45, 2.75) is 26.2 Å². The lowest BCUT2D eigenvalue weighted by Gasteiger charge is -2.26. The number of nitrogens with zero attached hydrogens (tertiary/aromatic N) is 2. The number of benzene rings is 5. The number of hydrogen-bond acceptors (Lipinski definition) is 2. The molecule has 224 valence electrons. The maximum absolute atomic E-state index is 5.00. The van der Waals surface area contributed by atoms with Crippen LogP contribution in [-0.4, -0.2) is 9.97 Å². The molecule has 0 aliphatic carbocycles. The van der Waals surface area contributed by atoms with E-state index in [-0.39, 0.29) is 5.41 Å². The Morgan fingerprint density at radius 2 is 1.09 bits per heavy atom. The van der Waals surface area contributed by atoms with Gasteiger partial charge in [-0.15, -0.1) is 0 Å². The van der Waals surface area contributed by atoms with E-state index in [2.05, 4.69) is 142 Å². The molecule has 0 amide bonds. The minimum Gasteiger partial charge on any atom is -0.228 e. The Morgan fingerprint density at radius 3 is 1.65 bits per heavy atom. The second-order valence-electron chi connectivity index (χ2n) is 11.9. The average Bonchev–Trinajstić information content (AvgIpc) is 3.12. The minimum atomic E-state index is -0.188. The highest BCUT2D eigenvalue weighted by Crippen LogP contribution is 2.35. The van der Waals surface area contributed by atoms with Gasteiger partial charge < -0.3 is 0 Å². The first-order valence-corrected chi connectivity index (χ1v) is 15.7. The first-order valence-electron chi connectivity index (χ1n) is 15.7. The molecular formula is C44H38N2. The predicted molar refractivity (Wildman–Crippen MR) is 195 cm³/mol. The maximum atomic E-state index is 5.00. The maximum Gasteiger partial charge on any atom is 0.160 e. The molecule has 0 atom stereocenters. The molecule has 0 bridgehead atoms. The van der Waals surface area contributed by atoms with Crippen molar-refractivity contribution in [2.75, 3.05) is 0 Å². The second-order valence-corrected chi connectivity index (χ2v) is 11.9. The average molecular weight is 595 g/mol. The molecule has 1 aromatic heterocycles. The topological polar surface area (TPSA) is 25.8 Å². The van der Waals surface area contributed by atoms with Crippen LogP contribution in [0.4, 0.5) is 0 Å². The van der Waals surface area contributed by atoms with E-state index in [9.17, 15) is 0 Å². The van der Waals surface area contributed by atoms with Crippen LogP contribution in [0, 0.1) is 0 Å². The lowest BCUT2D eigenvalue weighted by atomic mass is 9.77. The summed E-state index contributed by atoms with van der Waals surface area (Å²) in [6, 6.07) is 49.3. The summed E-state index contributed by atoms with van der Waals surface area (Å²) < 4.78 is 0. The van der Waals surface area contributed by atoms with Gasteiger partial charge in [0.1, 0.15) is 0 Å². The van der Waals surface area contributed by atoms with Crippen molar-refractivity contribution in [2.24, 2.45) is 0 Å². The summed E-state index contributed by atoms with van der Waals surface area (Å²) >= 11 is 0. The summed E-state index contributed by atoms with van der Waals surface area (Å²) in [5.74, 6) is 0.697. The summed E-state index contributed by atoms with van der Waals surface area (Å²) in [5.41, 5.74) is 12.0. The second kappa shape index (κ2) is 13.6. The van der Waals surface area contributed by atoms with Crippen molar-refractivity contribution >= 4 is 5.57 Å². The fourth-order valence-electron chi connectivity index (χ4n) is 5.80. The molecule has 6 aromatic rings. The van der Waals surface area contributed by atoms with Crippen LogP contribution in [0.15, 0.2) is 170 Å². The standard InChI is InChI=1S/C44H38N2/c1-5-14-34(15-6-2)41-31-42(35-18-11-8-12-19-35)46-43(45-41)36-24-28-40(29-25-36)44(3,4)39-26-22-33(23-27-39)38-21-13-20-37(30-38)32-16-9-7-10-17-32/h5-31H,1H2,2-4H3/b15-6-,34-14+. The van der Waals surface area contributed by atoms with E-state index in [4.69, 9.17) is 9.97 Å². The Kier molecular flexibility index (Phi) is 8.98. The van der Waals surface area contributed by atoms with Gasteiger partial charge in [-0.3, -0.25) is 0 Å². The third-order valence-corrected chi connectivity index (χ3v) is 8.51. The quantitative estimate of drug-likeness (QED) is 0.156. The molecule has 0 spiro atoms. The summed E-state index contributed by atoms with van der Waals surface area (Å²) in [4.78, 5) is 10.0. The van der Waals surface area contributed by atoms with Gasteiger partial charge in [0.15, 0.2) is 5.82 Å². The first-order chi connectivity index (χ1) is 22.5.